The Morgan fingerprint density at radius 3 is 1.94 bits per heavy atom. The first kappa shape index (κ1) is 26.0. The van der Waals surface area contributed by atoms with Gasteiger partial charge >= 0.3 is 14.0 Å². The fourth-order valence-electron chi connectivity index (χ4n) is 3.44. The monoisotopic (exact) mass is 551 g/mol. The van der Waals surface area contributed by atoms with Crippen molar-refractivity contribution < 1.29 is 31.3 Å². The molecule has 3 rings (SSSR count). The van der Waals surface area contributed by atoms with Gasteiger partial charge < -0.3 is 9.80 Å². The van der Waals surface area contributed by atoms with Crippen molar-refractivity contribution in [1.82, 2.24) is 4.98 Å². The highest BCUT2D eigenvalue weighted by Gasteiger charge is 2.48. The number of hydrogen-bond acceptors (Lipinski definition) is 7. The van der Waals surface area contributed by atoms with Gasteiger partial charge in [-0.25, -0.2) is 4.57 Å². The molecule has 0 bridgehead atoms. The maximum atomic E-state index is 13.7. The molecule has 1 unspecified atom stereocenters. The van der Waals surface area contributed by atoms with Gasteiger partial charge in [0.2, 0.25) is 6.10 Å². The van der Waals surface area contributed by atoms with Gasteiger partial charge in [-0.2, -0.15) is 13.2 Å². The number of rotatable bonds is 9. The largest absolute Gasteiger partial charge is 0.475 e. The van der Waals surface area contributed by atoms with Crippen LogP contribution in [0.2, 0.25) is 0 Å². The standard InChI is InChI=1S/C21H26BrF3N3O4P/c1-3-30-33(29,31-4-2)32-20(21(23,24)25)19-10-9-18(15-26-19)28-13-11-27(12-14-28)17-7-5-16(22)6-8-17/h5-10,15,20H,3-4,11-14H2,1-2H3. The smallest absolute Gasteiger partial charge is 0.368 e. The van der Waals surface area contributed by atoms with Crippen LogP contribution in [0.4, 0.5) is 24.5 Å². The Morgan fingerprint density at radius 2 is 1.48 bits per heavy atom. The zero-order chi connectivity index (χ0) is 24.1. The molecule has 0 saturated carbocycles. The van der Waals surface area contributed by atoms with Crippen LogP contribution < -0.4 is 9.80 Å². The zero-order valence-corrected chi connectivity index (χ0v) is 20.8. The van der Waals surface area contributed by atoms with Crippen molar-refractivity contribution in [2.75, 3.05) is 49.2 Å². The lowest BCUT2D eigenvalue weighted by Crippen LogP contribution is -2.46. The van der Waals surface area contributed by atoms with Gasteiger partial charge in [-0.05, 0) is 50.2 Å². The van der Waals surface area contributed by atoms with E-state index in [1.165, 1.54) is 26.1 Å². The predicted molar refractivity (Wildman–Crippen MR) is 124 cm³/mol. The number of aromatic nitrogens is 1. The Kier molecular flexibility index (Phi) is 8.80. The lowest BCUT2D eigenvalue weighted by atomic mass is 10.2. The van der Waals surface area contributed by atoms with Crippen LogP contribution in [0.3, 0.4) is 0 Å². The van der Waals surface area contributed by atoms with Crippen LogP contribution in [0, 0.1) is 0 Å². The molecule has 2 aromatic rings. The van der Waals surface area contributed by atoms with Gasteiger partial charge in [0.15, 0.2) is 0 Å². The summed E-state index contributed by atoms with van der Waals surface area (Å²) in [5.74, 6) is 0. The Morgan fingerprint density at radius 1 is 0.970 bits per heavy atom. The van der Waals surface area contributed by atoms with Gasteiger partial charge in [-0.3, -0.25) is 18.6 Å². The molecule has 0 radical (unpaired) electrons. The van der Waals surface area contributed by atoms with E-state index in [1.807, 2.05) is 24.3 Å². The molecule has 7 nitrogen and oxygen atoms in total. The summed E-state index contributed by atoms with van der Waals surface area (Å²) in [5, 5.41) is 0. The Bertz CT molecular complexity index is 929. The van der Waals surface area contributed by atoms with Crippen LogP contribution >= 0.6 is 23.8 Å². The molecule has 0 N–H and O–H groups in total. The minimum atomic E-state index is -4.85. The molecule has 0 amide bonds. The molecule has 0 spiro atoms. The fraction of sp³-hybridized carbons (Fsp3) is 0.476. The SMILES string of the molecule is CCOP(=O)(OCC)OC(c1ccc(N2CCN(c3ccc(Br)cc3)CC2)cn1)C(F)(F)F. The number of nitrogens with zero attached hydrogens (tertiary/aromatic N) is 3. The topological polar surface area (TPSA) is 64.1 Å². The fourth-order valence-corrected chi connectivity index (χ4v) is 5.02. The van der Waals surface area contributed by atoms with E-state index >= 15 is 0 Å². The molecular formula is C21H26BrF3N3O4P. The average Bonchev–Trinajstić information content (AvgIpc) is 2.78. The summed E-state index contributed by atoms with van der Waals surface area (Å²) in [7, 11) is -4.39. The van der Waals surface area contributed by atoms with Gasteiger partial charge in [0.25, 0.3) is 0 Å². The number of hydrogen-bond donors (Lipinski definition) is 0. The Hall–Kier alpha value is -1.65. The molecule has 1 aromatic carbocycles. The van der Waals surface area contributed by atoms with Crippen LogP contribution in [0.1, 0.15) is 25.6 Å². The predicted octanol–water partition coefficient (Wildman–Crippen LogP) is 5.97. The average molecular weight is 552 g/mol. The van der Waals surface area contributed by atoms with Crippen LogP contribution in [0.5, 0.6) is 0 Å². The zero-order valence-electron chi connectivity index (χ0n) is 18.3. The molecule has 33 heavy (non-hydrogen) atoms. The summed E-state index contributed by atoms with van der Waals surface area (Å²) < 4.78 is 69.1. The second kappa shape index (κ2) is 11.2. The molecule has 1 saturated heterocycles. The Balaban J connectivity index is 1.69. The highest BCUT2D eigenvalue weighted by atomic mass is 79.9. The summed E-state index contributed by atoms with van der Waals surface area (Å²) in [5.41, 5.74) is 1.40. The lowest BCUT2D eigenvalue weighted by Gasteiger charge is -2.37. The third-order valence-corrected chi connectivity index (χ3v) is 7.13. The summed E-state index contributed by atoms with van der Waals surface area (Å²) in [6.45, 7) is 5.65. The third-order valence-electron chi connectivity index (χ3n) is 4.98. The van der Waals surface area contributed by atoms with E-state index in [4.69, 9.17) is 13.6 Å². The van der Waals surface area contributed by atoms with E-state index in [1.54, 1.807) is 6.07 Å². The van der Waals surface area contributed by atoms with Gasteiger partial charge in [-0.15, -0.1) is 0 Å². The molecule has 12 heteroatoms. The van der Waals surface area contributed by atoms with Gasteiger partial charge in [0.05, 0.1) is 30.8 Å². The Labute approximate surface area is 199 Å². The van der Waals surface area contributed by atoms with Crippen molar-refractivity contribution >= 4 is 35.1 Å². The summed E-state index contributed by atoms with van der Waals surface area (Å²) >= 11 is 3.43. The molecule has 182 valence electrons. The molecule has 1 aromatic heterocycles. The van der Waals surface area contributed by atoms with E-state index in [2.05, 4.69) is 30.7 Å². The van der Waals surface area contributed by atoms with Crippen LogP contribution in [0.25, 0.3) is 0 Å². The molecule has 1 atom stereocenters. The molecule has 1 aliphatic rings. The van der Waals surface area contributed by atoms with Gasteiger partial charge in [0.1, 0.15) is 0 Å². The second-order valence-electron chi connectivity index (χ2n) is 7.20. The van der Waals surface area contributed by atoms with Gasteiger partial charge in [0, 0.05) is 36.3 Å². The van der Waals surface area contributed by atoms with E-state index in [0.717, 1.165) is 23.2 Å². The van der Waals surface area contributed by atoms with Gasteiger partial charge in [-0.1, -0.05) is 15.9 Å². The number of phosphoric acid groups is 1. The number of anilines is 2. The molecule has 1 aliphatic heterocycles. The number of halogens is 4. The highest BCUT2D eigenvalue weighted by Crippen LogP contribution is 2.55. The van der Waals surface area contributed by atoms with Crippen molar-refractivity contribution in [3.8, 4) is 0 Å². The van der Waals surface area contributed by atoms with Crippen molar-refractivity contribution in [2.24, 2.45) is 0 Å². The maximum absolute atomic E-state index is 13.7. The quantitative estimate of drug-likeness (QED) is 0.355. The minimum absolute atomic E-state index is 0.125. The van der Waals surface area contributed by atoms with Crippen LogP contribution in [0.15, 0.2) is 47.1 Å². The number of phosphoric ester groups is 1. The summed E-state index contributed by atoms with van der Waals surface area (Å²) in [6.07, 6.45) is -6.02. The first-order valence-corrected chi connectivity index (χ1v) is 12.8. The molecule has 2 heterocycles. The van der Waals surface area contributed by atoms with Crippen LogP contribution in [-0.2, 0) is 18.1 Å². The lowest BCUT2D eigenvalue weighted by molar-refractivity contribution is -0.204. The summed E-state index contributed by atoms with van der Waals surface area (Å²) in [6, 6.07) is 10.8. The molecule has 0 aliphatic carbocycles. The molecular weight excluding hydrogens is 526 g/mol. The molecule has 1 fully saturated rings. The van der Waals surface area contributed by atoms with Crippen molar-refractivity contribution in [3.05, 3.63) is 52.8 Å². The van der Waals surface area contributed by atoms with Crippen molar-refractivity contribution in [2.45, 2.75) is 26.1 Å². The second-order valence-corrected chi connectivity index (χ2v) is 9.74. The van der Waals surface area contributed by atoms with Crippen molar-refractivity contribution in [1.29, 1.82) is 0 Å². The number of alkyl halides is 3. The minimum Gasteiger partial charge on any atom is -0.368 e. The van der Waals surface area contributed by atoms with E-state index in [9.17, 15) is 17.7 Å². The van der Waals surface area contributed by atoms with E-state index in [-0.39, 0.29) is 13.2 Å². The first-order chi connectivity index (χ1) is 15.6. The third kappa shape index (κ3) is 6.93. The number of piperazine rings is 1. The van der Waals surface area contributed by atoms with Crippen molar-refractivity contribution in [3.63, 3.8) is 0 Å². The highest BCUT2D eigenvalue weighted by molar-refractivity contribution is 9.10. The number of pyridine rings is 1. The maximum Gasteiger partial charge on any atom is 0.475 e. The summed E-state index contributed by atoms with van der Waals surface area (Å²) in [4.78, 5) is 8.28. The van der Waals surface area contributed by atoms with E-state index in [0.29, 0.717) is 18.8 Å². The normalized spacial score (nSPS) is 16.2. The number of benzene rings is 1. The first-order valence-electron chi connectivity index (χ1n) is 10.5. The van der Waals surface area contributed by atoms with Crippen LogP contribution in [-0.4, -0.2) is 50.6 Å². The van der Waals surface area contributed by atoms with E-state index < -0.39 is 25.8 Å².